The number of carbonyl (C=O) groups is 1. The summed E-state index contributed by atoms with van der Waals surface area (Å²) in [6, 6.07) is 17.4. The van der Waals surface area contributed by atoms with Crippen molar-refractivity contribution in [1.29, 1.82) is 0 Å². The molecular weight excluding hydrogens is 398 g/mol. The number of nitrogens with one attached hydrogen (secondary N) is 1. The molecule has 0 unspecified atom stereocenters. The number of thiophene rings is 1. The van der Waals surface area contributed by atoms with Crippen LogP contribution in [-0.2, 0) is 17.9 Å². The molecule has 152 valence electrons. The number of ether oxygens (including phenoxy) is 1. The minimum atomic E-state index is -0.253. The molecule has 30 heavy (non-hydrogen) atoms. The number of aromatic nitrogens is 2. The summed E-state index contributed by atoms with van der Waals surface area (Å²) in [4.78, 5) is 31.6. The average Bonchev–Trinajstić information content (AvgIpc) is 3.12. The Bertz CT molecular complexity index is 1260. The van der Waals surface area contributed by atoms with E-state index in [-0.39, 0.29) is 18.0 Å². The van der Waals surface area contributed by atoms with Crippen LogP contribution >= 0.6 is 11.3 Å². The molecule has 2 aromatic heterocycles. The van der Waals surface area contributed by atoms with E-state index in [0.29, 0.717) is 16.8 Å². The Morgan fingerprint density at radius 3 is 2.73 bits per heavy atom. The van der Waals surface area contributed by atoms with Crippen LogP contribution < -0.4 is 15.6 Å². The van der Waals surface area contributed by atoms with E-state index in [1.165, 1.54) is 22.2 Å². The van der Waals surface area contributed by atoms with Crippen molar-refractivity contribution in [2.75, 3.05) is 7.11 Å². The summed E-state index contributed by atoms with van der Waals surface area (Å²) in [5, 5.41) is 3.41. The monoisotopic (exact) mass is 419 g/mol. The van der Waals surface area contributed by atoms with E-state index in [0.717, 1.165) is 27.3 Å². The van der Waals surface area contributed by atoms with Gasteiger partial charge in [-0.15, -0.1) is 11.3 Å². The van der Waals surface area contributed by atoms with Gasteiger partial charge >= 0.3 is 0 Å². The van der Waals surface area contributed by atoms with E-state index in [1.54, 1.807) is 7.11 Å². The van der Waals surface area contributed by atoms with Gasteiger partial charge in [-0.05, 0) is 35.7 Å². The Labute approximate surface area is 177 Å². The lowest BCUT2D eigenvalue weighted by molar-refractivity contribution is -0.121. The first-order chi connectivity index (χ1) is 14.6. The van der Waals surface area contributed by atoms with Gasteiger partial charge in [-0.25, -0.2) is 4.98 Å². The fraction of sp³-hybridized carbons (Fsp3) is 0.174. The third-order valence-corrected chi connectivity index (χ3v) is 6.14. The molecule has 6 nitrogen and oxygen atoms in total. The highest BCUT2D eigenvalue weighted by Crippen LogP contribution is 2.35. The quantitative estimate of drug-likeness (QED) is 0.517. The van der Waals surface area contributed by atoms with Gasteiger partial charge in [0.15, 0.2) is 0 Å². The third kappa shape index (κ3) is 3.97. The molecule has 4 rings (SSSR count). The number of rotatable bonds is 6. The van der Waals surface area contributed by atoms with Gasteiger partial charge in [0.05, 0.1) is 18.8 Å². The highest BCUT2D eigenvalue weighted by atomic mass is 32.1. The van der Waals surface area contributed by atoms with Crippen LogP contribution in [0.2, 0.25) is 0 Å². The second kappa shape index (κ2) is 8.51. The highest BCUT2D eigenvalue weighted by molar-refractivity contribution is 7.22. The molecule has 0 radical (unpaired) electrons. The fourth-order valence-electron chi connectivity index (χ4n) is 3.33. The number of methoxy groups -OCH3 is 1. The van der Waals surface area contributed by atoms with Crippen molar-refractivity contribution in [2.45, 2.75) is 20.0 Å². The summed E-state index contributed by atoms with van der Waals surface area (Å²) in [5.74, 6) is 0.479. The summed E-state index contributed by atoms with van der Waals surface area (Å²) in [6.07, 6.45) is 1.44. The summed E-state index contributed by atoms with van der Waals surface area (Å²) >= 11 is 1.49. The van der Waals surface area contributed by atoms with Crippen LogP contribution in [0.4, 0.5) is 0 Å². The van der Waals surface area contributed by atoms with Crippen LogP contribution in [0, 0.1) is 6.92 Å². The summed E-state index contributed by atoms with van der Waals surface area (Å²) in [5.41, 5.74) is 2.67. The molecule has 4 aromatic rings. The first-order valence-electron chi connectivity index (χ1n) is 9.50. The topological polar surface area (TPSA) is 73.2 Å². The third-order valence-electron chi connectivity index (χ3n) is 4.89. The Balaban J connectivity index is 1.54. The van der Waals surface area contributed by atoms with E-state index in [1.807, 2.05) is 61.5 Å². The number of hydrogen-bond donors (Lipinski definition) is 1. The fourth-order valence-corrected chi connectivity index (χ4v) is 4.48. The second-order valence-corrected chi connectivity index (χ2v) is 7.91. The molecule has 0 aliphatic rings. The molecule has 0 saturated heterocycles. The van der Waals surface area contributed by atoms with Crippen molar-refractivity contribution in [1.82, 2.24) is 14.9 Å². The summed E-state index contributed by atoms with van der Waals surface area (Å²) < 4.78 is 6.55. The van der Waals surface area contributed by atoms with Gasteiger partial charge in [-0.2, -0.15) is 0 Å². The number of nitrogens with zero attached hydrogens (tertiary/aromatic N) is 2. The molecule has 0 bridgehead atoms. The predicted octanol–water partition coefficient (Wildman–Crippen LogP) is 3.76. The maximum atomic E-state index is 13.0. The highest BCUT2D eigenvalue weighted by Gasteiger charge is 2.16. The molecule has 1 amide bonds. The summed E-state index contributed by atoms with van der Waals surface area (Å²) in [6.45, 7) is 2.20. The van der Waals surface area contributed by atoms with Crippen LogP contribution in [0.1, 0.15) is 11.1 Å². The molecule has 0 saturated carbocycles. The molecule has 0 aliphatic carbocycles. The van der Waals surface area contributed by atoms with Crippen molar-refractivity contribution in [3.8, 4) is 16.2 Å². The molecule has 7 heteroatoms. The lowest BCUT2D eigenvalue weighted by Crippen LogP contribution is -2.32. The molecular formula is C23H21N3O3S. The number of carbonyl (C=O) groups excluding carboxylic acids is 1. The van der Waals surface area contributed by atoms with Crippen molar-refractivity contribution >= 4 is 27.5 Å². The van der Waals surface area contributed by atoms with E-state index < -0.39 is 0 Å². The van der Waals surface area contributed by atoms with Gasteiger partial charge in [-0.1, -0.05) is 42.5 Å². The summed E-state index contributed by atoms with van der Waals surface area (Å²) in [7, 11) is 1.60. The zero-order valence-corrected chi connectivity index (χ0v) is 17.5. The van der Waals surface area contributed by atoms with E-state index in [9.17, 15) is 9.59 Å². The maximum absolute atomic E-state index is 13.0. The number of benzene rings is 2. The molecule has 0 spiro atoms. The Morgan fingerprint density at radius 2 is 1.97 bits per heavy atom. The van der Waals surface area contributed by atoms with Crippen molar-refractivity contribution in [3.63, 3.8) is 0 Å². The smallest absolute Gasteiger partial charge is 0.262 e. The van der Waals surface area contributed by atoms with Crippen molar-refractivity contribution in [2.24, 2.45) is 0 Å². The second-order valence-electron chi connectivity index (χ2n) is 6.91. The molecule has 2 heterocycles. The SMILES string of the molecule is COc1cccc(CNC(=O)Cn2cnc3sc(-c4ccccc4)c(C)c3c2=O)c1. The van der Waals surface area contributed by atoms with Gasteiger partial charge in [0.25, 0.3) is 5.56 Å². The Kier molecular flexibility index (Phi) is 5.63. The standard InChI is InChI=1S/C23H21N3O3S/c1-15-20-22(30-21(15)17-8-4-3-5-9-17)25-14-26(23(20)28)13-19(27)24-12-16-7-6-10-18(11-16)29-2/h3-11,14H,12-13H2,1-2H3,(H,24,27). The normalized spacial score (nSPS) is 10.9. The molecule has 1 N–H and O–H groups in total. The van der Waals surface area contributed by atoms with E-state index >= 15 is 0 Å². The van der Waals surface area contributed by atoms with Crippen molar-refractivity contribution < 1.29 is 9.53 Å². The van der Waals surface area contributed by atoms with Gasteiger partial charge in [0.2, 0.25) is 5.91 Å². The lowest BCUT2D eigenvalue weighted by Gasteiger charge is -2.08. The van der Waals surface area contributed by atoms with Crippen molar-refractivity contribution in [3.05, 3.63) is 82.4 Å². The zero-order chi connectivity index (χ0) is 21.1. The van der Waals surface area contributed by atoms with E-state index in [4.69, 9.17) is 4.74 Å². The minimum Gasteiger partial charge on any atom is -0.497 e. The predicted molar refractivity (Wildman–Crippen MR) is 119 cm³/mol. The lowest BCUT2D eigenvalue weighted by atomic mass is 10.1. The maximum Gasteiger partial charge on any atom is 0.262 e. The number of hydrogen-bond acceptors (Lipinski definition) is 5. The molecule has 2 aromatic carbocycles. The van der Waals surface area contributed by atoms with Gasteiger partial charge in [-0.3, -0.25) is 14.2 Å². The first-order valence-corrected chi connectivity index (χ1v) is 10.3. The van der Waals surface area contributed by atoms with Crippen LogP contribution in [0.3, 0.4) is 0 Å². The average molecular weight is 420 g/mol. The number of fused-ring (bicyclic) bond motifs is 1. The van der Waals surface area contributed by atoms with Crippen LogP contribution in [-0.4, -0.2) is 22.6 Å². The molecule has 0 atom stereocenters. The van der Waals surface area contributed by atoms with Gasteiger partial charge < -0.3 is 10.1 Å². The number of aryl methyl sites for hydroxylation is 1. The van der Waals surface area contributed by atoms with Crippen LogP contribution in [0.25, 0.3) is 20.7 Å². The van der Waals surface area contributed by atoms with Gasteiger partial charge in [0.1, 0.15) is 17.1 Å². The van der Waals surface area contributed by atoms with Crippen LogP contribution in [0.5, 0.6) is 5.75 Å². The minimum absolute atomic E-state index is 0.0816. The molecule has 0 fully saturated rings. The van der Waals surface area contributed by atoms with Crippen LogP contribution in [0.15, 0.2) is 65.7 Å². The Hall–Kier alpha value is -3.45. The van der Waals surface area contributed by atoms with Gasteiger partial charge in [0, 0.05) is 11.4 Å². The Morgan fingerprint density at radius 1 is 1.17 bits per heavy atom. The first kappa shape index (κ1) is 19.8. The largest absolute Gasteiger partial charge is 0.497 e. The molecule has 0 aliphatic heterocycles. The number of amides is 1. The zero-order valence-electron chi connectivity index (χ0n) is 16.7. The van der Waals surface area contributed by atoms with E-state index in [2.05, 4.69) is 10.3 Å².